The van der Waals surface area contributed by atoms with Crippen LogP contribution in [0, 0.1) is 5.92 Å². The Hall–Kier alpha value is -2.34. The minimum atomic E-state index is -1.70. The summed E-state index contributed by atoms with van der Waals surface area (Å²) in [5.74, 6) is -1.18. The number of nitrogens with one attached hydrogen (secondary N) is 1. The van der Waals surface area contributed by atoms with Crippen LogP contribution in [0.15, 0.2) is 17.8 Å². The molecule has 1 saturated heterocycles. The number of ether oxygens (including phenoxy) is 1. The molecule has 152 valence electrons. The van der Waals surface area contributed by atoms with Crippen LogP contribution in [-0.4, -0.2) is 66.0 Å². The number of fused-ring (bicyclic) bond motifs is 1. The number of nitrogens with zero attached hydrogens (tertiary/aromatic N) is 5. The van der Waals surface area contributed by atoms with Crippen molar-refractivity contribution < 1.29 is 20.1 Å². The van der Waals surface area contributed by atoms with Crippen molar-refractivity contribution in [1.29, 1.82) is 0 Å². The fourth-order valence-corrected chi connectivity index (χ4v) is 3.91. The van der Waals surface area contributed by atoms with Gasteiger partial charge >= 0.3 is 0 Å². The van der Waals surface area contributed by atoms with Gasteiger partial charge in [-0.3, -0.25) is 9.99 Å². The molecular formula is C17H25N7O4. The first-order chi connectivity index (χ1) is 13.6. The zero-order valence-corrected chi connectivity index (χ0v) is 15.3. The van der Waals surface area contributed by atoms with Gasteiger partial charge in [-0.25, -0.2) is 15.0 Å². The van der Waals surface area contributed by atoms with E-state index in [4.69, 9.17) is 10.5 Å². The summed E-state index contributed by atoms with van der Waals surface area (Å²) >= 11 is 0. The predicted molar refractivity (Wildman–Crippen MR) is 99.9 cm³/mol. The number of hydrogen-bond donors (Lipinski definition) is 5. The molecule has 1 saturated carbocycles. The van der Waals surface area contributed by atoms with Crippen LogP contribution in [0.1, 0.15) is 32.1 Å². The molecule has 2 fully saturated rings. The summed E-state index contributed by atoms with van der Waals surface area (Å²) in [4.78, 5) is 12.3. The van der Waals surface area contributed by atoms with Crippen LogP contribution in [0.5, 0.6) is 0 Å². The highest BCUT2D eigenvalue weighted by molar-refractivity contribution is 5.81. The fraction of sp³-hybridized carbons (Fsp3) is 0.647. The molecule has 3 heterocycles. The van der Waals surface area contributed by atoms with E-state index in [0.717, 1.165) is 25.7 Å². The molecule has 4 atom stereocenters. The lowest BCUT2D eigenvalue weighted by atomic mass is 9.90. The van der Waals surface area contributed by atoms with Gasteiger partial charge in [-0.2, -0.15) is 5.10 Å². The molecule has 0 radical (unpaired) electrons. The number of aliphatic hydroxyl groups excluding tert-OH is 3. The van der Waals surface area contributed by atoms with Gasteiger partial charge in [0, 0.05) is 6.21 Å². The minimum Gasteiger partial charge on any atom is -0.394 e. The Morgan fingerprint density at radius 3 is 2.79 bits per heavy atom. The molecule has 0 bridgehead atoms. The monoisotopic (exact) mass is 391 g/mol. The van der Waals surface area contributed by atoms with Gasteiger partial charge in [0.15, 0.2) is 17.6 Å². The molecule has 0 spiro atoms. The Bertz CT molecular complexity index is 853. The average molecular weight is 391 g/mol. The van der Waals surface area contributed by atoms with Crippen LogP contribution in [0.25, 0.3) is 11.2 Å². The molecule has 4 rings (SSSR count). The molecule has 0 aromatic carbocycles. The lowest BCUT2D eigenvalue weighted by Gasteiger charge is -2.33. The first-order valence-corrected chi connectivity index (χ1v) is 9.46. The number of hydrazone groups is 1. The van der Waals surface area contributed by atoms with Crippen molar-refractivity contribution in [3.05, 3.63) is 12.7 Å². The van der Waals surface area contributed by atoms with Crippen LogP contribution in [0.4, 0.5) is 5.82 Å². The number of nitrogens with two attached hydrogens (primary N) is 1. The second kappa shape index (κ2) is 7.59. The SMILES string of the molecule is Nc1ncnc2c1ncn2[C@]1(N/N=C/C2CCCCC2)O[C@H](CO)[C@@H](O)[C@H]1O. The Labute approximate surface area is 161 Å². The van der Waals surface area contributed by atoms with E-state index in [1.807, 2.05) is 0 Å². The Balaban J connectivity index is 1.71. The van der Waals surface area contributed by atoms with Crippen molar-refractivity contribution in [2.75, 3.05) is 12.3 Å². The molecule has 1 aliphatic carbocycles. The van der Waals surface area contributed by atoms with Gasteiger partial charge in [-0.1, -0.05) is 19.3 Å². The van der Waals surface area contributed by atoms with Gasteiger partial charge < -0.3 is 25.8 Å². The zero-order valence-electron chi connectivity index (χ0n) is 15.3. The Kier molecular flexibility index (Phi) is 5.15. The van der Waals surface area contributed by atoms with Gasteiger partial charge in [-0.05, 0) is 18.8 Å². The quantitative estimate of drug-likeness (QED) is 0.327. The Morgan fingerprint density at radius 2 is 2.07 bits per heavy atom. The lowest BCUT2D eigenvalue weighted by Crippen LogP contribution is -2.54. The third kappa shape index (κ3) is 3.09. The van der Waals surface area contributed by atoms with Gasteiger partial charge in [-0.15, -0.1) is 0 Å². The summed E-state index contributed by atoms with van der Waals surface area (Å²) in [5, 5.41) is 35.0. The van der Waals surface area contributed by atoms with Crippen LogP contribution in [0.2, 0.25) is 0 Å². The maximum absolute atomic E-state index is 10.8. The molecule has 0 unspecified atom stereocenters. The summed E-state index contributed by atoms with van der Waals surface area (Å²) < 4.78 is 7.27. The number of aliphatic hydroxyl groups is 3. The maximum Gasteiger partial charge on any atom is 0.270 e. The van der Waals surface area contributed by atoms with E-state index in [9.17, 15) is 15.3 Å². The number of aromatic nitrogens is 4. The highest BCUT2D eigenvalue weighted by Crippen LogP contribution is 2.36. The summed E-state index contributed by atoms with van der Waals surface area (Å²) in [7, 11) is 0. The van der Waals surface area contributed by atoms with E-state index in [-0.39, 0.29) is 5.82 Å². The number of rotatable bonds is 5. The predicted octanol–water partition coefficient (Wildman–Crippen LogP) is -0.713. The highest BCUT2D eigenvalue weighted by atomic mass is 16.6. The molecule has 11 nitrogen and oxygen atoms in total. The summed E-state index contributed by atoms with van der Waals surface area (Å²) in [6.07, 6.45) is 6.34. The molecule has 28 heavy (non-hydrogen) atoms. The smallest absolute Gasteiger partial charge is 0.270 e. The molecule has 11 heteroatoms. The fourth-order valence-electron chi connectivity index (χ4n) is 3.91. The highest BCUT2D eigenvalue weighted by Gasteiger charge is 2.56. The van der Waals surface area contributed by atoms with Gasteiger partial charge in [0.05, 0.1) is 6.61 Å². The van der Waals surface area contributed by atoms with Crippen LogP contribution in [0.3, 0.4) is 0 Å². The number of imidazole rings is 1. The zero-order chi connectivity index (χ0) is 19.7. The standard InChI is InChI=1S/C17H25N7O4/c18-15-12-16(20-8-19-15)24(9-21-12)17(14(27)13(26)11(7-25)28-17)23-22-6-10-4-2-1-3-5-10/h6,8-11,13-14,23,25-27H,1-5,7H2,(H2,18,19,20)/b22-6+/t11-,13-,14-,17+/m1/s1. The molecule has 0 amide bonds. The normalized spacial score (nSPS) is 31.8. The third-order valence-electron chi connectivity index (χ3n) is 5.50. The van der Waals surface area contributed by atoms with E-state index in [1.54, 1.807) is 6.21 Å². The summed E-state index contributed by atoms with van der Waals surface area (Å²) in [5.41, 5.74) is 9.34. The molecule has 2 aromatic rings. The second-order valence-corrected chi connectivity index (χ2v) is 7.30. The molecule has 2 aromatic heterocycles. The molecule has 6 N–H and O–H groups in total. The van der Waals surface area contributed by atoms with Gasteiger partial charge in [0.1, 0.15) is 30.4 Å². The van der Waals surface area contributed by atoms with Crippen molar-refractivity contribution in [2.24, 2.45) is 11.0 Å². The lowest BCUT2D eigenvalue weighted by molar-refractivity contribution is -0.167. The first-order valence-electron chi connectivity index (χ1n) is 9.46. The summed E-state index contributed by atoms with van der Waals surface area (Å²) in [6.45, 7) is -0.474. The maximum atomic E-state index is 10.8. The minimum absolute atomic E-state index is 0.177. The van der Waals surface area contributed by atoms with Crippen molar-refractivity contribution in [3.63, 3.8) is 0 Å². The van der Waals surface area contributed by atoms with E-state index in [0.29, 0.717) is 17.1 Å². The number of anilines is 1. The van der Waals surface area contributed by atoms with E-state index in [1.165, 1.54) is 23.6 Å². The third-order valence-corrected chi connectivity index (χ3v) is 5.50. The average Bonchev–Trinajstić information content (AvgIpc) is 3.25. The number of hydrogen-bond acceptors (Lipinski definition) is 10. The van der Waals surface area contributed by atoms with Crippen molar-refractivity contribution >= 4 is 23.2 Å². The van der Waals surface area contributed by atoms with Gasteiger partial charge in [0.25, 0.3) is 5.85 Å². The van der Waals surface area contributed by atoms with Crippen molar-refractivity contribution in [2.45, 2.75) is 56.3 Å². The second-order valence-electron chi connectivity index (χ2n) is 7.30. The van der Waals surface area contributed by atoms with Crippen molar-refractivity contribution in [1.82, 2.24) is 24.9 Å². The van der Waals surface area contributed by atoms with Crippen LogP contribution in [-0.2, 0) is 10.6 Å². The topological polar surface area (TPSA) is 164 Å². The van der Waals surface area contributed by atoms with E-state index in [2.05, 4.69) is 25.5 Å². The molecule has 2 aliphatic rings. The van der Waals surface area contributed by atoms with Crippen molar-refractivity contribution in [3.8, 4) is 0 Å². The molecular weight excluding hydrogens is 366 g/mol. The Morgan fingerprint density at radius 1 is 1.29 bits per heavy atom. The number of nitrogen functional groups attached to an aromatic ring is 1. The van der Waals surface area contributed by atoms with Gasteiger partial charge in [0.2, 0.25) is 0 Å². The summed E-state index contributed by atoms with van der Waals surface area (Å²) in [6, 6.07) is 0. The largest absolute Gasteiger partial charge is 0.394 e. The molecule has 1 aliphatic heterocycles. The first kappa shape index (κ1) is 19.0. The van der Waals surface area contributed by atoms with Crippen LogP contribution >= 0.6 is 0 Å². The van der Waals surface area contributed by atoms with E-state index >= 15 is 0 Å². The van der Waals surface area contributed by atoms with Crippen LogP contribution < -0.4 is 11.2 Å². The van der Waals surface area contributed by atoms with E-state index < -0.39 is 30.8 Å².